The first-order valence-electron chi connectivity index (χ1n) is 7.27. The van der Waals surface area contributed by atoms with E-state index < -0.39 is 0 Å². The number of nitrogens with one attached hydrogen (secondary N) is 1. The van der Waals surface area contributed by atoms with Gasteiger partial charge in [-0.1, -0.05) is 25.4 Å². The topological polar surface area (TPSA) is 30.5 Å². The largest absolute Gasteiger partial charge is 0.495 e. The third kappa shape index (κ3) is 3.04. The standard InChI is InChI=1S/C16H24ClNO2/c1-5-18-15(10(2)11-6-7-11)12-8-9-13(19-3)14(17)16(12)20-4/h8-11,15,18H,5-7H2,1-4H3. The van der Waals surface area contributed by atoms with Crippen molar-refractivity contribution in [1.29, 1.82) is 0 Å². The summed E-state index contributed by atoms with van der Waals surface area (Å²) in [7, 11) is 3.28. The van der Waals surface area contributed by atoms with Gasteiger partial charge < -0.3 is 14.8 Å². The maximum Gasteiger partial charge on any atom is 0.146 e. The summed E-state index contributed by atoms with van der Waals surface area (Å²) in [5.41, 5.74) is 1.12. The van der Waals surface area contributed by atoms with Crippen molar-refractivity contribution < 1.29 is 9.47 Å². The molecule has 1 aromatic carbocycles. The molecule has 1 aliphatic carbocycles. The highest BCUT2D eigenvalue weighted by Crippen LogP contribution is 2.47. The molecule has 0 aliphatic heterocycles. The van der Waals surface area contributed by atoms with Crippen LogP contribution in [-0.4, -0.2) is 20.8 Å². The monoisotopic (exact) mass is 297 g/mol. The van der Waals surface area contributed by atoms with Crippen LogP contribution in [0.5, 0.6) is 11.5 Å². The van der Waals surface area contributed by atoms with Crippen molar-refractivity contribution in [2.24, 2.45) is 11.8 Å². The molecule has 1 aromatic rings. The minimum absolute atomic E-state index is 0.269. The maximum absolute atomic E-state index is 6.38. The second-order valence-electron chi connectivity index (χ2n) is 5.44. The normalized spacial score (nSPS) is 17.6. The Kier molecular flexibility index (Phi) is 5.17. The van der Waals surface area contributed by atoms with E-state index in [-0.39, 0.29) is 6.04 Å². The van der Waals surface area contributed by atoms with Crippen molar-refractivity contribution in [3.8, 4) is 11.5 Å². The molecule has 20 heavy (non-hydrogen) atoms. The zero-order chi connectivity index (χ0) is 14.7. The molecule has 1 fully saturated rings. The Morgan fingerprint density at radius 2 is 2.00 bits per heavy atom. The van der Waals surface area contributed by atoms with E-state index in [2.05, 4.69) is 25.2 Å². The van der Waals surface area contributed by atoms with Crippen LogP contribution < -0.4 is 14.8 Å². The number of benzene rings is 1. The molecule has 2 rings (SSSR count). The fourth-order valence-corrected chi connectivity index (χ4v) is 3.18. The number of rotatable bonds is 7. The number of methoxy groups -OCH3 is 2. The fourth-order valence-electron chi connectivity index (χ4n) is 2.86. The van der Waals surface area contributed by atoms with Gasteiger partial charge in [0.15, 0.2) is 0 Å². The second-order valence-corrected chi connectivity index (χ2v) is 5.81. The molecule has 0 saturated heterocycles. The molecule has 1 aliphatic rings. The summed E-state index contributed by atoms with van der Waals surface area (Å²) in [6.07, 6.45) is 2.66. The van der Waals surface area contributed by atoms with E-state index in [9.17, 15) is 0 Å². The van der Waals surface area contributed by atoms with Crippen LogP contribution in [0, 0.1) is 11.8 Å². The smallest absolute Gasteiger partial charge is 0.146 e. The van der Waals surface area contributed by atoms with Gasteiger partial charge in [-0.2, -0.15) is 0 Å². The highest BCUT2D eigenvalue weighted by atomic mass is 35.5. The number of ether oxygens (including phenoxy) is 2. The lowest BCUT2D eigenvalue weighted by molar-refractivity contribution is 0.334. The first kappa shape index (κ1) is 15.5. The Morgan fingerprint density at radius 3 is 2.50 bits per heavy atom. The molecular weight excluding hydrogens is 274 g/mol. The van der Waals surface area contributed by atoms with E-state index >= 15 is 0 Å². The number of halogens is 1. The molecule has 2 unspecified atom stereocenters. The van der Waals surface area contributed by atoms with Crippen molar-refractivity contribution in [2.45, 2.75) is 32.7 Å². The van der Waals surface area contributed by atoms with Gasteiger partial charge in [0.05, 0.1) is 14.2 Å². The molecule has 0 radical (unpaired) electrons. The predicted molar refractivity (Wildman–Crippen MR) is 82.9 cm³/mol. The third-order valence-corrected chi connectivity index (χ3v) is 4.52. The van der Waals surface area contributed by atoms with E-state index in [0.717, 1.165) is 23.8 Å². The lowest BCUT2D eigenvalue weighted by Crippen LogP contribution is -2.28. The second kappa shape index (κ2) is 6.68. The van der Waals surface area contributed by atoms with E-state index in [4.69, 9.17) is 21.1 Å². The van der Waals surface area contributed by atoms with Crippen molar-refractivity contribution >= 4 is 11.6 Å². The van der Waals surface area contributed by atoms with Crippen LogP contribution in [0.1, 0.15) is 38.3 Å². The van der Waals surface area contributed by atoms with Gasteiger partial charge in [0.2, 0.25) is 0 Å². The Hall–Kier alpha value is -0.930. The van der Waals surface area contributed by atoms with E-state index in [1.54, 1.807) is 14.2 Å². The summed E-state index contributed by atoms with van der Waals surface area (Å²) < 4.78 is 10.8. The van der Waals surface area contributed by atoms with E-state index in [0.29, 0.717) is 16.7 Å². The summed E-state index contributed by atoms with van der Waals surface area (Å²) in [5, 5.41) is 4.13. The van der Waals surface area contributed by atoms with Gasteiger partial charge in [-0.05, 0) is 43.4 Å². The van der Waals surface area contributed by atoms with Gasteiger partial charge in [-0.15, -0.1) is 0 Å². The molecule has 4 heteroatoms. The summed E-state index contributed by atoms with van der Waals surface area (Å²) in [4.78, 5) is 0. The molecular formula is C16H24ClNO2. The van der Waals surface area contributed by atoms with Crippen LogP contribution in [0.3, 0.4) is 0 Å². The minimum atomic E-state index is 0.269. The average Bonchev–Trinajstić information content (AvgIpc) is 3.28. The molecule has 112 valence electrons. The molecule has 0 bridgehead atoms. The highest BCUT2D eigenvalue weighted by Gasteiger charge is 2.35. The van der Waals surface area contributed by atoms with Gasteiger partial charge in [-0.25, -0.2) is 0 Å². The predicted octanol–water partition coefficient (Wildman–Crippen LogP) is 4.05. The van der Waals surface area contributed by atoms with Gasteiger partial charge in [0, 0.05) is 11.6 Å². The first-order chi connectivity index (χ1) is 9.63. The zero-order valence-corrected chi connectivity index (χ0v) is 13.5. The summed E-state index contributed by atoms with van der Waals surface area (Å²) >= 11 is 6.38. The maximum atomic E-state index is 6.38. The number of hydrogen-bond donors (Lipinski definition) is 1. The zero-order valence-electron chi connectivity index (χ0n) is 12.7. The van der Waals surface area contributed by atoms with E-state index in [1.165, 1.54) is 12.8 Å². The summed E-state index contributed by atoms with van der Waals surface area (Å²) in [5.74, 6) is 2.77. The van der Waals surface area contributed by atoms with Crippen LogP contribution >= 0.6 is 11.6 Å². The Bertz CT molecular complexity index is 460. The highest BCUT2D eigenvalue weighted by molar-refractivity contribution is 6.33. The average molecular weight is 298 g/mol. The van der Waals surface area contributed by atoms with Crippen molar-refractivity contribution in [2.75, 3.05) is 20.8 Å². The lowest BCUT2D eigenvalue weighted by atomic mass is 9.90. The van der Waals surface area contributed by atoms with Gasteiger partial charge in [0.1, 0.15) is 16.5 Å². The van der Waals surface area contributed by atoms with Crippen LogP contribution in [0.15, 0.2) is 12.1 Å². The fraction of sp³-hybridized carbons (Fsp3) is 0.625. The molecule has 0 amide bonds. The minimum Gasteiger partial charge on any atom is -0.495 e. The molecule has 1 saturated carbocycles. The molecule has 3 nitrogen and oxygen atoms in total. The summed E-state index contributed by atoms with van der Waals surface area (Å²) in [6, 6.07) is 4.26. The van der Waals surface area contributed by atoms with Crippen molar-refractivity contribution in [3.63, 3.8) is 0 Å². The summed E-state index contributed by atoms with van der Waals surface area (Å²) in [6.45, 7) is 5.36. The molecule has 0 aromatic heterocycles. The Balaban J connectivity index is 2.38. The van der Waals surface area contributed by atoms with Crippen LogP contribution in [0.4, 0.5) is 0 Å². The Morgan fingerprint density at radius 1 is 1.30 bits per heavy atom. The van der Waals surface area contributed by atoms with Crippen LogP contribution in [0.2, 0.25) is 5.02 Å². The Labute approximate surface area is 126 Å². The van der Waals surface area contributed by atoms with Crippen molar-refractivity contribution in [1.82, 2.24) is 5.32 Å². The van der Waals surface area contributed by atoms with Gasteiger partial charge in [-0.3, -0.25) is 0 Å². The molecule has 0 heterocycles. The molecule has 1 N–H and O–H groups in total. The quantitative estimate of drug-likeness (QED) is 0.823. The van der Waals surface area contributed by atoms with Crippen molar-refractivity contribution in [3.05, 3.63) is 22.7 Å². The third-order valence-electron chi connectivity index (χ3n) is 4.17. The van der Waals surface area contributed by atoms with Gasteiger partial charge >= 0.3 is 0 Å². The van der Waals surface area contributed by atoms with Gasteiger partial charge in [0.25, 0.3) is 0 Å². The molecule has 0 spiro atoms. The van der Waals surface area contributed by atoms with Crippen LogP contribution in [-0.2, 0) is 0 Å². The van der Waals surface area contributed by atoms with E-state index in [1.807, 2.05) is 6.07 Å². The SMILES string of the molecule is CCNC(c1ccc(OC)c(Cl)c1OC)C(C)C1CC1. The number of hydrogen-bond acceptors (Lipinski definition) is 3. The first-order valence-corrected chi connectivity index (χ1v) is 7.65. The van der Waals surface area contributed by atoms with Crippen LogP contribution in [0.25, 0.3) is 0 Å². The lowest BCUT2D eigenvalue weighted by Gasteiger charge is -2.27. The molecule has 2 atom stereocenters.